The lowest BCUT2D eigenvalue weighted by molar-refractivity contribution is -0.125. The summed E-state index contributed by atoms with van der Waals surface area (Å²) < 4.78 is 0. The van der Waals surface area contributed by atoms with Gasteiger partial charge in [-0.1, -0.05) is 23.7 Å². The number of hydrazine groups is 1. The molecule has 0 aromatic heterocycles. The zero-order chi connectivity index (χ0) is 14.7. The van der Waals surface area contributed by atoms with Gasteiger partial charge in [0.1, 0.15) is 0 Å². The summed E-state index contributed by atoms with van der Waals surface area (Å²) in [7, 11) is 0. The Balaban J connectivity index is 1.67. The number of nitrogens with one attached hydrogen (secondary N) is 4. The number of piperidine rings is 1. The molecule has 0 saturated carbocycles. The van der Waals surface area contributed by atoms with E-state index in [4.69, 9.17) is 11.6 Å². The van der Waals surface area contributed by atoms with E-state index < -0.39 is 0 Å². The molecule has 6 heteroatoms. The van der Waals surface area contributed by atoms with E-state index in [0.717, 1.165) is 31.5 Å². The van der Waals surface area contributed by atoms with Gasteiger partial charge in [0.15, 0.2) is 0 Å². The second kappa shape index (κ2) is 6.75. The van der Waals surface area contributed by atoms with Crippen LogP contribution in [0.1, 0.15) is 24.4 Å². The summed E-state index contributed by atoms with van der Waals surface area (Å²) in [5, 5.41) is 7.17. The molecule has 4 N–H and O–H groups in total. The van der Waals surface area contributed by atoms with Crippen molar-refractivity contribution in [1.29, 1.82) is 0 Å². The third kappa shape index (κ3) is 3.55. The first-order valence-electron chi connectivity index (χ1n) is 7.49. The fourth-order valence-corrected chi connectivity index (χ4v) is 3.24. The molecule has 0 spiro atoms. The first kappa shape index (κ1) is 14.8. The third-order valence-electron chi connectivity index (χ3n) is 4.17. The van der Waals surface area contributed by atoms with Crippen molar-refractivity contribution in [2.75, 3.05) is 19.6 Å². The molecule has 2 saturated heterocycles. The van der Waals surface area contributed by atoms with Gasteiger partial charge in [0.2, 0.25) is 5.91 Å². The van der Waals surface area contributed by atoms with Crippen molar-refractivity contribution in [3.8, 4) is 0 Å². The van der Waals surface area contributed by atoms with Gasteiger partial charge >= 0.3 is 0 Å². The molecule has 2 aliphatic heterocycles. The Labute approximate surface area is 129 Å². The summed E-state index contributed by atoms with van der Waals surface area (Å²) in [5.74, 6) is -0.0171. The number of amides is 1. The number of halogens is 1. The average molecular weight is 309 g/mol. The van der Waals surface area contributed by atoms with Gasteiger partial charge in [-0.25, -0.2) is 5.43 Å². The van der Waals surface area contributed by atoms with E-state index in [1.54, 1.807) is 0 Å². The summed E-state index contributed by atoms with van der Waals surface area (Å²) in [6.45, 7) is 2.54. The molecular formula is C15H21ClN4O. The van der Waals surface area contributed by atoms with E-state index in [-0.39, 0.29) is 23.9 Å². The third-order valence-corrected chi connectivity index (χ3v) is 4.40. The Morgan fingerprint density at radius 1 is 1.33 bits per heavy atom. The van der Waals surface area contributed by atoms with Gasteiger partial charge in [0.05, 0.1) is 12.0 Å². The SMILES string of the molecule is O=C(NC1CCCNC1)C1CNNC1c1cccc(Cl)c1. The highest BCUT2D eigenvalue weighted by molar-refractivity contribution is 6.30. The highest BCUT2D eigenvalue weighted by atomic mass is 35.5. The van der Waals surface area contributed by atoms with Gasteiger partial charge in [0.25, 0.3) is 0 Å². The van der Waals surface area contributed by atoms with Crippen molar-refractivity contribution in [3.63, 3.8) is 0 Å². The largest absolute Gasteiger partial charge is 0.352 e. The molecule has 3 atom stereocenters. The molecule has 0 radical (unpaired) electrons. The van der Waals surface area contributed by atoms with Crippen LogP contribution in [-0.2, 0) is 4.79 Å². The van der Waals surface area contributed by atoms with Gasteiger partial charge in [-0.15, -0.1) is 0 Å². The Hall–Kier alpha value is -1.14. The maximum absolute atomic E-state index is 12.5. The predicted octanol–water partition coefficient (Wildman–Crippen LogP) is 0.973. The van der Waals surface area contributed by atoms with Gasteiger partial charge in [-0.05, 0) is 37.1 Å². The first-order chi connectivity index (χ1) is 10.2. The number of hydrogen-bond acceptors (Lipinski definition) is 4. The van der Waals surface area contributed by atoms with Crippen LogP contribution in [0.15, 0.2) is 24.3 Å². The number of benzene rings is 1. The van der Waals surface area contributed by atoms with Crippen LogP contribution in [0.4, 0.5) is 0 Å². The predicted molar refractivity (Wildman–Crippen MR) is 82.9 cm³/mol. The van der Waals surface area contributed by atoms with Crippen molar-refractivity contribution in [3.05, 3.63) is 34.9 Å². The summed E-state index contributed by atoms with van der Waals surface area (Å²) in [6.07, 6.45) is 2.16. The lowest BCUT2D eigenvalue weighted by atomic mass is 9.93. The lowest BCUT2D eigenvalue weighted by Crippen LogP contribution is -2.48. The molecule has 3 unspecified atom stereocenters. The van der Waals surface area contributed by atoms with Crippen LogP contribution in [0.3, 0.4) is 0 Å². The molecular weight excluding hydrogens is 288 g/mol. The van der Waals surface area contributed by atoms with Gasteiger partial charge in [-0.3, -0.25) is 10.2 Å². The van der Waals surface area contributed by atoms with Crippen LogP contribution < -0.4 is 21.5 Å². The van der Waals surface area contributed by atoms with E-state index in [1.165, 1.54) is 0 Å². The average Bonchev–Trinajstić information content (AvgIpc) is 2.98. The monoisotopic (exact) mass is 308 g/mol. The van der Waals surface area contributed by atoms with E-state index in [9.17, 15) is 4.79 Å². The molecule has 1 amide bonds. The minimum absolute atomic E-state index is 0.0414. The van der Waals surface area contributed by atoms with Crippen LogP contribution in [0.2, 0.25) is 5.02 Å². The van der Waals surface area contributed by atoms with Crippen molar-refractivity contribution in [2.45, 2.75) is 24.9 Å². The van der Waals surface area contributed by atoms with Gasteiger partial charge in [-0.2, -0.15) is 0 Å². The summed E-state index contributed by atoms with van der Waals surface area (Å²) in [6, 6.07) is 7.87. The smallest absolute Gasteiger partial charge is 0.226 e. The lowest BCUT2D eigenvalue weighted by Gasteiger charge is -2.26. The van der Waals surface area contributed by atoms with Crippen LogP contribution in [0.5, 0.6) is 0 Å². The van der Waals surface area contributed by atoms with Gasteiger partial charge < -0.3 is 10.6 Å². The second-order valence-electron chi connectivity index (χ2n) is 5.72. The van der Waals surface area contributed by atoms with E-state index in [0.29, 0.717) is 11.6 Å². The fraction of sp³-hybridized carbons (Fsp3) is 0.533. The molecule has 3 rings (SSSR count). The Morgan fingerprint density at radius 2 is 2.24 bits per heavy atom. The molecule has 0 bridgehead atoms. The molecule has 21 heavy (non-hydrogen) atoms. The minimum atomic E-state index is -0.120. The normalized spacial score (nSPS) is 29.3. The Morgan fingerprint density at radius 3 is 3.00 bits per heavy atom. The molecule has 2 heterocycles. The highest BCUT2D eigenvalue weighted by Crippen LogP contribution is 2.27. The first-order valence-corrected chi connectivity index (χ1v) is 7.87. The Bertz CT molecular complexity index is 504. The van der Waals surface area contributed by atoms with E-state index >= 15 is 0 Å². The molecule has 2 fully saturated rings. The number of carbonyl (C=O) groups excluding carboxylic acids is 1. The Kier molecular flexibility index (Phi) is 4.75. The summed E-state index contributed by atoms with van der Waals surface area (Å²) >= 11 is 6.05. The zero-order valence-corrected chi connectivity index (χ0v) is 12.6. The molecule has 5 nitrogen and oxygen atoms in total. The second-order valence-corrected chi connectivity index (χ2v) is 6.15. The maximum atomic E-state index is 12.5. The van der Waals surface area contributed by atoms with Crippen LogP contribution >= 0.6 is 11.6 Å². The molecule has 1 aromatic rings. The standard InChI is InChI=1S/C15H21ClN4O/c16-11-4-1-3-10(7-11)14-13(9-18-20-14)15(21)19-12-5-2-6-17-8-12/h1,3-4,7,12-14,17-18,20H,2,5-6,8-9H2,(H,19,21). The van der Waals surface area contributed by atoms with Gasteiger partial charge in [0, 0.05) is 24.2 Å². The number of carbonyl (C=O) groups is 1. The van der Waals surface area contributed by atoms with E-state index in [1.807, 2.05) is 24.3 Å². The summed E-state index contributed by atoms with van der Waals surface area (Å²) in [5.41, 5.74) is 7.31. The summed E-state index contributed by atoms with van der Waals surface area (Å²) in [4.78, 5) is 12.5. The number of rotatable bonds is 3. The highest BCUT2D eigenvalue weighted by Gasteiger charge is 2.34. The molecule has 0 aliphatic carbocycles. The van der Waals surface area contributed by atoms with Crippen LogP contribution in [-0.4, -0.2) is 31.6 Å². The zero-order valence-electron chi connectivity index (χ0n) is 11.9. The number of hydrogen-bond donors (Lipinski definition) is 4. The molecule has 2 aliphatic rings. The topological polar surface area (TPSA) is 65.2 Å². The fourth-order valence-electron chi connectivity index (χ4n) is 3.04. The van der Waals surface area contributed by atoms with Crippen LogP contribution in [0.25, 0.3) is 0 Å². The van der Waals surface area contributed by atoms with Crippen LogP contribution in [0, 0.1) is 5.92 Å². The quantitative estimate of drug-likeness (QED) is 0.672. The minimum Gasteiger partial charge on any atom is -0.352 e. The molecule has 114 valence electrons. The van der Waals surface area contributed by atoms with Crippen molar-refractivity contribution >= 4 is 17.5 Å². The van der Waals surface area contributed by atoms with Crippen molar-refractivity contribution in [1.82, 2.24) is 21.5 Å². The maximum Gasteiger partial charge on any atom is 0.226 e. The van der Waals surface area contributed by atoms with E-state index in [2.05, 4.69) is 21.5 Å². The molecule has 1 aromatic carbocycles. The van der Waals surface area contributed by atoms with Crippen molar-refractivity contribution < 1.29 is 4.79 Å². The van der Waals surface area contributed by atoms with Crippen molar-refractivity contribution in [2.24, 2.45) is 5.92 Å².